The lowest BCUT2D eigenvalue weighted by Gasteiger charge is -2.12. The van der Waals surface area contributed by atoms with Crippen LogP contribution in [0, 0.1) is 0 Å². The highest BCUT2D eigenvalue weighted by Crippen LogP contribution is 2.18. The molecule has 3 nitrogen and oxygen atoms in total. The summed E-state index contributed by atoms with van der Waals surface area (Å²) < 4.78 is 28.8. The van der Waals surface area contributed by atoms with Crippen molar-refractivity contribution in [1.29, 1.82) is 0 Å². The highest BCUT2D eigenvalue weighted by atomic mass is 35.5. The van der Waals surface area contributed by atoms with Crippen LogP contribution in [-0.4, -0.2) is 14.5 Å². The van der Waals surface area contributed by atoms with Gasteiger partial charge in [0.15, 0.2) is 0 Å². The summed E-state index contributed by atoms with van der Waals surface area (Å²) >= 11 is 5.70. The predicted molar refractivity (Wildman–Crippen MR) is 68.7 cm³/mol. The van der Waals surface area contributed by atoms with Crippen LogP contribution in [0.1, 0.15) is 33.1 Å². The van der Waals surface area contributed by atoms with E-state index in [2.05, 4.69) is 6.92 Å². The van der Waals surface area contributed by atoms with Crippen LogP contribution >= 0.6 is 11.6 Å². The average Bonchev–Trinajstić information content (AvgIpc) is 2.26. The van der Waals surface area contributed by atoms with Gasteiger partial charge in [0.25, 0.3) is 10.1 Å². The third kappa shape index (κ3) is 4.66. The number of benzene rings is 1. The summed E-state index contributed by atoms with van der Waals surface area (Å²) in [4.78, 5) is 0.144. The molecule has 1 rings (SSSR count). The second-order valence-electron chi connectivity index (χ2n) is 3.96. The van der Waals surface area contributed by atoms with Gasteiger partial charge in [-0.1, -0.05) is 31.4 Å². The normalized spacial score (nSPS) is 13.6. The van der Waals surface area contributed by atoms with E-state index >= 15 is 0 Å². The molecule has 0 aliphatic rings. The van der Waals surface area contributed by atoms with Gasteiger partial charge in [0, 0.05) is 5.02 Å². The van der Waals surface area contributed by atoms with E-state index in [0.29, 0.717) is 5.02 Å². The zero-order valence-electron chi connectivity index (χ0n) is 10.0. The quantitative estimate of drug-likeness (QED) is 0.745. The first kappa shape index (κ1) is 14.5. The molecule has 0 N–H and O–H groups in total. The van der Waals surface area contributed by atoms with Gasteiger partial charge < -0.3 is 0 Å². The molecule has 0 aromatic heterocycles. The summed E-state index contributed by atoms with van der Waals surface area (Å²) in [7, 11) is -3.67. The second kappa shape index (κ2) is 6.38. The Morgan fingerprint density at radius 2 is 1.88 bits per heavy atom. The van der Waals surface area contributed by atoms with E-state index in [4.69, 9.17) is 15.8 Å². The number of unbranched alkanes of at least 4 members (excludes halogenated alkanes) is 1. The maximum atomic E-state index is 11.9. The van der Waals surface area contributed by atoms with Gasteiger partial charge >= 0.3 is 0 Å². The molecule has 1 atom stereocenters. The molecule has 0 saturated carbocycles. The fourth-order valence-corrected chi connectivity index (χ4v) is 2.65. The Balaban J connectivity index is 2.71. The molecule has 17 heavy (non-hydrogen) atoms. The molecule has 0 radical (unpaired) electrons. The maximum absolute atomic E-state index is 11.9. The molecule has 96 valence electrons. The second-order valence-corrected chi connectivity index (χ2v) is 5.97. The smallest absolute Gasteiger partial charge is 0.263 e. The number of rotatable bonds is 6. The van der Waals surface area contributed by atoms with E-state index in [9.17, 15) is 8.42 Å². The Labute approximate surface area is 108 Å². The molecule has 0 spiro atoms. The molecule has 0 amide bonds. The van der Waals surface area contributed by atoms with Crippen molar-refractivity contribution in [1.82, 2.24) is 0 Å². The van der Waals surface area contributed by atoms with Gasteiger partial charge in [0.05, 0.1) is 11.0 Å². The zero-order valence-corrected chi connectivity index (χ0v) is 11.6. The fraction of sp³-hybridized carbons (Fsp3) is 0.500. The van der Waals surface area contributed by atoms with E-state index in [1.165, 1.54) is 24.3 Å². The highest BCUT2D eigenvalue weighted by Gasteiger charge is 2.18. The van der Waals surface area contributed by atoms with Crippen LogP contribution in [0.5, 0.6) is 0 Å². The van der Waals surface area contributed by atoms with Gasteiger partial charge in [-0.15, -0.1) is 0 Å². The lowest BCUT2D eigenvalue weighted by atomic mass is 10.2. The molecule has 0 unspecified atom stereocenters. The van der Waals surface area contributed by atoms with Crippen LogP contribution in [0.4, 0.5) is 0 Å². The van der Waals surface area contributed by atoms with E-state index in [1.54, 1.807) is 6.92 Å². The minimum atomic E-state index is -3.67. The molecule has 0 aliphatic carbocycles. The summed E-state index contributed by atoms with van der Waals surface area (Å²) in [6, 6.07) is 5.97. The predicted octanol–water partition coefficient (Wildman–Crippen LogP) is 3.62. The first-order chi connectivity index (χ1) is 7.95. The molecule has 1 aromatic rings. The van der Waals surface area contributed by atoms with E-state index < -0.39 is 10.1 Å². The third-order valence-corrected chi connectivity index (χ3v) is 4.04. The molecule has 1 aromatic carbocycles. The standard InChI is InChI=1S/C12H17ClO3S/c1-3-4-5-10(2)16-17(14,15)12-8-6-11(13)7-9-12/h6-10H,3-5H2,1-2H3/t10-/m0/s1. The van der Waals surface area contributed by atoms with Crippen LogP contribution in [0.2, 0.25) is 5.02 Å². The number of hydrogen-bond acceptors (Lipinski definition) is 3. The van der Waals surface area contributed by atoms with Crippen LogP contribution in [0.3, 0.4) is 0 Å². The largest absolute Gasteiger partial charge is 0.297 e. The Kier molecular flexibility index (Phi) is 5.43. The summed E-state index contributed by atoms with van der Waals surface area (Å²) in [5.41, 5.74) is 0. The van der Waals surface area contributed by atoms with Gasteiger partial charge in [-0.2, -0.15) is 8.42 Å². The lowest BCUT2D eigenvalue weighted by molar-refractivity contribution is 0.214. The Morgan fingerprint density at radius 1 is 1.29 bits per heavy atom. The minimum Gasteiger partial charge on any atom is -0.263 e. The van der Waals surface area contributed by atoms with Crippen molar-refractivity contribution >= 4 is 21.7 Å². The summed E-state index contributed by atoms with van der Waals surface area (Å²) in [5.74, 6) is 0. The first-order valence-electron chi connectivity index (χ1n) is 5.64. The third-order valence-electron chi connectivity index (χ3n) is 2.36. The van der Waals surface area contributed by atoms with Crippen molar-refractivity contribution < 1.29 is 12.6 Å². The first-order valence-corrected chi connectivity index (χ1v) is 7.43. The number of halogens is 1. The van der Waals surface area contributed by atoms with Crippen LogP contribution in [-0.2, 0) is 14.3 Å². The number of hydrogen-bond donors (Lipinski definition) is 0. The van der Waals surface area contributed by atoms with Crippen LogP contribution in [0.15, 0.2) is 29.2 Å². The fourth-order valence-electron chi connectivity index (χ4n) is 1.41. The van der Waals surface area contributed by atoms with Gasteiger partial charge in [-0.3, -0.25) is 4.18 Å². The van der Waals surface area contributed by atoms with Crippen molar-refractivity contribution in [3.63, 3.8) is 0 Å². The molecular weight excluding hydrogens is 260 g/mol. The maximum Gasteiger partial charge on any atom is 0.297 e. The molecule has 0 saturated heterocycles. The summed E-state index contributed by atoms with van der Waals surface area (Å²) in [5, 5.41) is 0.503. The van der Waals surface area contributed by atoms with Crippen molar-refractivity contribution in [3.8, 4) is 0 Å². The SMILES string of the molecule is CCCC[C@H](C)OS(=O)(=O)c1ccc(Cl)cc1. The van der Waals surface area contributed by atoms with Crippen molar-refractivity contribution in [2.45, 2.75) is 44.1 Å². The van der Waals surface area contributed by atoms with Crippen molar-refractivity contribution in [2.75, 3.05) is 0 Å². The van der Waals surface area contributed by atoms with Gasteiger partial charge in [0.2, 0.25) is 0 Å². The molecule has 0 fully saturated rings. The monoisotopic (exact) mass is 276 g/mol. The minimum absolute atomic E-state index is 0.144. The van der Waals surface area contributed by atoms with E-state index in [-0.39, 0.29) is 11.0 Å². The topological polar surface area (TPSA) is 43.4 Å². The summed E-state index contributed by atoms with van der Waals surface area (Å²) in [6.45, 7) is 3.82. The van der Waals surface area contributed by atoms with Crippen LogP contribution in [0.25, 0.3) is 0 Å². The molecule has 5 heteroatoms. The van der Waals surface area contributed by atoms with Gasteiger partial charge in [-0.25, -0.2) is 0 Å². The molecule has 0 aliphatic heterocycles. The summed E-state index contributed by atoms with van der Waals surface area (Å²) in [6.07, 6.45) is 2.42. The Bertz CT molecular complexity index is 439. The van der Waals surface area contributed by atoms with Gasteiger partial charge in [-0.05, 0) is 37.6 Å². The van der Waals surface area contributed by atoms with Crippen molar-refractivity contribution in [3.05, 3.63) is 29.3 Å². The van der Waals surface area contributed by atoms with Gasteiger partial charge in [0.1, 0.15) is 0 Å². The average molecular weight is 277 g/mol. The molecular formula is C12H17ClO3S. The highest BCUT2D eigenvalue weighted by molar-refractivity contribution is 7.86. The van der Waals surface area contributed by atoms with E-state index in [1.807, 2.05) is 0 Å². The van der Waals surface area contributed by atoms with E-state index in [0.717, 1.165) is 19.3 Å². The molecule has 0 heterocycles. The van der Waals surface area contributed by atoms with Crippen LogP contribution < -0.4 is 0 Å². The lowest BCUT2D eigenvalue weighted by Crippen LogP contribution is -2.15. The molecule has 0 bridgehead atoms. The Morgan fingerprint density at radius 3 is 2.41 bits per heavy atom. The van der Waals surface area contributed by atoms with Crippen molar-refractivity contribution in [2.24, 2.45) is 0 Å². The zero-order chi connectivity index (χ0) is 12.9. The Hall–Kier alpha value is -0.580.